The first-order valence-corrected chi connectivity index (χ1v) is 5.92. The van der Waals surface area contributed by atoms with Gasteiger partial charge in [0.05, 0.1) is 17.6 Å². The molecule has 0 amide bonds. The zero-order chi connectivity index (χ0) is 13.1. The molecular formula is C12H17N3O3. The van der Waals surface area contributed by atoms with E-state index < -0.39 is 4.92 Å². The van der Waals surface area contributed by atoms with Crippen LogP contribution in [0.2, 0.25) is 0 Å². The number of anilines is 1. The lowest BCUT2D eigenvalue weighted by Crippen LogP contribution is -2.53. The van der Waals surface area contributed by atoms with E-state index in [1.165, 1.54) is 12.1 Å². The maximum absolute atomic E-state index is 10.6. The van der Waals surface area contributed by atoms with E-state index in [4.69, 9.17) is 0 Å². The molecule has 0 saturated carbocycles. The molecule has 1 atom stereocenters. The highest BCUT2D eigenvalue weighted by Crippen LogP contribution is 2.21. The number of nitrogens with zero attached hydrogens (tertiary/aromatic N) is 3. The molecule has 1 aromatic rings. The van der Waals surface area contributed by atoms with Crippen LogP contribution in [-0.4, -0.2) is 54.3 Å². The van der Waals surface area contributed by atoms with Crippen LogP contribution in [0, 0.1) is 10.1 Å². The number of non-ortho nitro benzene ring substituents is 1. The minimum atomic E-state index is -0.399. The number of aliphatic hydroxyl groups is 1. The predicted octanol–water partition coefficient (Wildman–Crippen LogP) is 0.708. The number of piperazine rings is 1. The molecule has 2 rings (SSSR count). The van der Waals surface area contributed by atoms with Gasteiger partial charge in [0.15, 0.2) is 0 Å². The van der Waals surface area contributed by atoms with E-state index in [1.54, 1.807) is 12.1 Å². The molecule has 1 fully saturated rings. The van der Waals surface area contributed by atoms with Gasteiger partial charge in [-0.1, -0.05) is 0 Å². The van der Waals surface area contributed by atoms with Gasteiger partial charge in [-0.2, -0.15) is 0 Å². The second-order valence-corrected chi connectivity index (χ2v) is 4.54. The van der Waals surface area contributed by atoms with E-state index in [9.17, 15) is 15.2 Å². The summed E-state index contributed by atoms with van der Waals surface area (Å²) in [6, 6.07) is 6.67. The van der Waals surface area contributed by atoms with Crippen molar-refractivity contribution in [1.82, 2.24) is 4.90 Å². The fourth-order valence-corrected chi connectivity index (χ4v) is 2.16. The Morgan fingerprint density at radius 2 is 2.06 bits per heavy atom. The van der Waals surface area contributed by atoms with Crippen molar-refractivity contribution in [2.75, 3.05) is 38.2 Å². The Morgan fingerprint density at radius 3 is 2.61 bits per heavy atom. The van der Waals surface area contributed by atoms with Crippen LogP contribution in [0.1, 0.15) is 0 Å². The van der Waals surface area contributed by atoms with Gasteiger partial charge in [0.2, 0.25) is 0 Å². The van der Waals surface area contributed by atoms with E-state index >= 15 is 0 Å². The minimum absolute atomic E-state index is 0.103. The molecule has 1 unspecified atom stereocenters. The van der Waals surface area contributed by atoms with Crippen molar-refractivity contribution in [2.24, 2.45) is 0 Å². The largest absolute Gasteiger partial charge is 0.395 e. The Bertz CT molecular complexity index is 421. The zero-order valence-electron chi connectivity index (χ0n) is 10.3. The van der Waals surface area contributed by atoms with Gasteiger partial charge < -0.3 is 10.0 Å². The van der Waals surface area contributed by atoms with Crippen molar-refractivity contribution in [3.63, 3.8) is 0 Å². The highest BCUT2D eigenvalue weighted by molar-refractivity contribution is 5.51. The van der Waals surface area contributed by atoms with Crippen LogP contribution in [0.3, 0.4) is 0 Å². The summed E-state index contributed by atoms with van der Waals surface area (Å²) in [6.45, 7) is 2.61. The lowest BCUT2D eigenvalue weighted by molar-refractivity contribution is -0.384. The molecule has 98 valence electrons. The molecule has 1 heterocycles. The van der Waals surface area contributed by atoms with Crippen molar-refractivity contribution in [3.05, 3.63) is 34.4 Å². The summed E-state index contributed by atoms with van der Waals surface area (Å²) in [5, 5.41) is 19.9. The topological polar surface area (TPSA) is 69.9 Å². The van der Waals surface area contributed by atoms with Gasteiger partial charge in [-0.3, -0.25) is 15.0 Å². The smallest absolute Gasteiger partial charge is 0.269 e. The molecule has 1 aromatic carbocycles. The van der Waals surface area contributed by atoms with Gasteiger partial charge in [0, 0.05) is 37.5 Å². The average molecular weight is 251 g/mol. The van der Waals surface area contributed by atoms with Crippen LogP contribution in [0.15, 0.2) is 24.3 Å². The lowest BCUT2D eigenvalue weighted by atomic mass is 10.1. The van der Waals surface area contributed by atoms with E-state index in [2.05, 4.69) is 9.80 Å². The number of nitro groups is 1. The number of hydrogen-bond acceptors (Lipinski definition) is 5. The molecule has 0 radical (unpaired) electrons. The normalized spacial score (nSPS) is 21.0. The fraction of sp³-hybridized carbons (Fsp3) is 0.500. The summed E-state index contributed by atoms with van der Waals surface area (Å²) in [7, 11) is 1.99. The first kappa shape index (κ1) is 12.8. The molecule has 0 aliphatic carbocycles. The van der Waals surface area contributed by atoms with E-state index in [0.29, 0.717) is 0 Å². The fourth-order valence-electron chi connectivity index (χ4n) is 2.16. The minimum Gasteiger partial charge on any atom is -0.395 e. The third kappa shape index (κ3) is 2.60. The lowest BCUT2D eigenvalue weighted by Gasteiger charge is -2.39. The highest BCUT2D eigenvalue weighted by atomic mass is 16.6. The molecule has 1 aliphatic rings. The number of benzene rings is 1. The molecule has 0 bridgehead atoms. The van der Waals surface area contributed by atoms with Crippen molar-refractivity contribution in [3.8, 4) is 0 Å². The van der Waals surface area contributed by atoms with Gasteiger partial charge in [-0.15, -0.1) is 0 Å². The number of likely N-dealkylation sites (N-methyl/N-ethyl adjacent to an activating group) is 1. The number of aliphatic hydroxyl groups excluding tert-OH is 1. The third-order valence-electron chi connectivity index (χ3n) is 3.41. The molecule has 1 N–H and O–H groups in total. The molecule has 18 heavy (non-hydrogen) atoms. The van der Waals surface area contributed by atoms with E-state index in [1.807, 2.05) is 7.05 Å². The van der Waals surface area contributed by atoms with Crippen LogP contribution < -0.4 is 4.90 Å². The molecule has 0 aromatic heterocycles. The first-order chi connectivity index (χ1) is 8.61. The Balaban J connectivity index is 2.09. The predicted molar refractivity (Wildman–Crippen MR) is 68.8 cm³/mol. The summed E-state index contributed by atoms with van der Waals surface area (Å²) in [6.07, 6.45) is 0. The second-order valence-electron chi connectivity index (χ2n) is 4.54. The molecule has 0 spiro atoms. The van der Waals surface area contributed by atoms with Gasteiger partial charge in [0.1, 0.15) is 0 Å². The standard InChI is InChI=1S/C12H17N3O3/c1-13-6-7-14(8-12(13)9-16)10-2-4-11(5-3-10)15(17)18/h2-5,12,16H,6-9H2,1H3. The summed E-state index contributed by atoms with van der Waals surface area (Å²) < 4.78 is 0. The van der Waals surface area contributed by atoms with Crippen molar-refractivity contribution >= 4 is 11.4 Å². The molecular weight excluding hydrogens is 234 g/mol. The summed E-state index contributed by atoms with van der Waals surface area (Å²) in [5.41, 5.74) is 1.07. The summed E-state index contributed by atoms with van der Waals surface area (Å²) in [5.74, 6) is 0. The third-order valence-corrected chi connectivity index (χ3v) is 3.41. The van der Waals surface area contributed by atoms with Crippen LogP contribution >= 0.6 is 0 Å². The highest BCUT2D eigenvalue weighted by Gasteiger charge is 2.23. The van der Waals surface area contributed by atoms with Crippen LogP contribution in [0.5, 0.6) is 0 Å². The number of nitro benzene ring substituents is 1. The van der Waals surface area contributed by atoms with E-state index in [-0.39, 0.29) is 18.3 Å². The SMILES string of the molecule is CN1CCN(c2ccc([N+](=O)[O-])cc2)CC1CO. The molecule has 6 nitrogen and oxygen atoms in total. The maximum atomic E-state index is 10.6. The Kier molecular flexibility index (Phi) is 3.78. The van der Waals surface area contributed by atoms with Gasteiger partial charge in [0.25, 0.3) is 5.69 Å². The van der Waals surface area contributed by atoms with E-state index in [0.717, 1.165) is 25.3 Å². The number of hydrogen-bond donors (Lipinski definition) is 1. The van der Waals surface area contributed by atoms with Crippen molar-refractivity contribution < 1.29 is 10.0 Å². The Labute approximate surface area is 106 Å². The van der Waals surface area contributed by atoms with Crippen LogP contribution in [-0.2, 0) is 0 Å². The monoisotopic (exact) mass is 251 g/mol. The first-order valence-electron chi connectivity index (χ1n) is 5.92. The van der Waals surface area contributed by atoms with Gasteiger partial charge in [-0.05, 0) is 19.2 Å². The van der Waals surface area contributed by atoms with Gasteiger partial charge in [-0.25, -0.2) is 0 Å². The molecule has 6 heteroatoms. The summed E-state index contributed by atoms with van der Waals surface area (Å²) >= 11 is 0. The molecule has 1 saturated heterocycles. The summed E-state index contributed by atoms with van der Waals surface area (Å²) in [4.78, 5) is 14.5. The van der Waals surface area contributed by atoms with Crippen LogP contribution in [0.4, 0.5) is 11.4 Å². The maximum Gasteiger partial charge on any atom is 0.269 e. The van der Waals surface area contributed by atoms with Crippen LogP contribution in [0.25, 0.3) is 0 Å². The zero-order valence-corrected chi connectivity index (χ0v) is 10.3. The quantitative estimate of drug-likeness (QED) is 0.633. The number of rotatable bonds is 3. The second kappa shape index (κ2) is 5.32. The van der Waals surface area contributed by atoms with Crippen molar-refractivity contribution in [1.29, 1.82) is 0 Å². The van der Waals surface area contributed by atoms with Crippen molar-refractivity contribution in [2.45, 2.75) is 6.04 Å². The molecule has 1 aliphatic heterocycles. The Morgan fingerprint density at radius 1 is 1.39 bits per heavy atom. The average Bonchev–Trinajstić information content (AvgIpc) is 2.39. The Hall–Kier alpha value is -1.66. The van der Waals surface area contributed by atoms with Gasteiger partial charge >= 0.3 is 0 Å².